The number of aromatic nitrogens is 2. The molecule has 0 unspecified atom stereocenters. The van der Waals surface area contributed by atoms with Gasteiger partial charge >= 0.3 is 0 Å². The normalized spacial score (nSPS) is 17.2. The van der Waals surface area contributed by atoms with E-state index in [1.165, 1.54) is 17.3 Å². The first-order valence-corrected chi connectivity index (χ1v) is 9.22. The minimum atomic E-state index is 0.0235. The maximum absolute atomic E-state index is 12.0. The van der Waals surface area contributed by atoms with E-state index in [-0.39, 0.29) is 12.0 Å². The highest BCUT2D eigenvalue weighted by Gasteiger charge is 2.16. The molecule has 128 valence electrons. The Morgan fingerprint density at radius 3 is 2.92 bits per heavy atom. The van der Waals surface area contributed by atoms with Crippen molar-refractivity contribution in [1.82, 2.24) is 14.9 Å². The summed E-state index contributed by atoms with van der Waals surface area (Å²) in [6.45, 7) is 3.49. The Balaban J connectivity index is 1.54. The van der Waals surface area contributed by atoms with Gasteiger partial charge in [0.25, 0.3) is 0 Å². The predicted molar refractivity (Wildman–Crippen MR) is 96.1 cm³/mol. The molecule has 1 fully saturated rings. The van der Waals surface area contributed by atoms with Gasteiger partial charge in [-0.3, -0.25) is 4.79 Å². The number of thioether (sulfide) groups is 1. The Labute approximate surface area is 146 Å². The summed E-state index contributed by atoms with van der Waals surface area (Å²) in [5, 5.41) is 3.78. The summed E-state index contributed by atoms with van der Waals surface area (Å²) in [7, 11) is 1.98. The van der Waals surface area contributed by atoms with Crippen molar-refractivity contribution in [2.45, 2.75) is 31.0 Å². The average Bonchev–Trinajstić information content (AvgIpc) is 3.22. The molecule has 1 aromatic heterocycles. The summed E-state index contributed by atoms with van der Waals surface area (Å²) < 4.78 is 7.54. The summed E-state index contributed by atoms with van der Waals surface area (Å²) in [5.74, 6) is 0.389. The number of amides is 1. The predicted octanol–water partition coefficient (Wildman–Crippen LogP) is 2.78. The van der Waals surface area contributed by atoms with Gasteiger partial charge in [-0.1, -0.05) is 41.6 Å². The van der Waals surface area contributed by atoms with Gasteiger partial charge in [-0.15, -0.1) is 0 Å². The third-order valence-electron chi connectivity index (χ3n) is 4.18. The van der Waals surface area contributed by atoms with E-state index in [9.17, 15) is 4.79 Å². The largest absolute Gasteiger partial charge is 0.376 e. The molecule has 24 heavy (non-hydrogen) atoms. The Morgan fingerprint density at radius 1 is 1.42 bits per heavy atom. The fourth-order valence-corrected chi connectivity index (χ4v) is 3.51. The van der Waals surface area contributed by atoms with Crippen molar-refractivity contribution in [3.05, 3.63) is 36.0 Å². The van der Waals surface area contributed by atoms with E-state index in [1.54, 1.807) is 0 Å². The second kappa shape index (κ2) is 7.85. The van der Waals surface area contributed by atoms with Crippen LogP contribution in [0.15, 0.2) is 35.6 Å². The van der Waals surface area contributed by atoms with Crippen LogP contribution in [0.2, 0.25) is 0 Å². The standard InChI is InChI=1S/C18H23N3O2S/c1-13-5-7-14(8-6-13)16-11-20-18(21(16)2)24-12-17(22)19-10-15-4-3-9-23-15/h5-8,11,15H,3-4,9-10,12H2,1-2H3,(H,19,22)/t15-/m1/s1. The molecular weight excluding hydrogens is 322 g/mol. The lowest BCUT2D eigenvalue weighted by Gasteiger charge is -2.10. The van der Waals surface area contributed by atoms with E-state index in [4.69, 9.17) is 4.74 Å². The van der Waals surface area contributed by atoms with Gasteiger partial charge in [-0.2, -0.15) is 0 Å². The van der Waals surface area contributed by atoms with Crippen LogP contribution in [0.4, 0.5) is 0 Å². The van der Waals surface area contributed by atoms with Crippen molar-refractivity contribution in [2.75, 3.05) is 18.9 Å². The molecular formula is C18H23N3O2S. The maximum atomic E-state index is 12.0. The van der Waals surface area contributed by atoms with Crippen LogP contribution in [0, 0.1) is 6.92 Å². The third kappa shape index (κ3) is 4.19. The monoisotopic (exact) mass is 345 g/mol. The van der Waals surface area contributed by atoms with Gasteiger partial charge in [0.2, 0.25) is 5.91 Å². The van der Waals surface area contributed by atoms with E-state index in [2.05, 4.69) is 41.5 Å². The highest BCUT2D eigenvalue weighted by Crippen LogP contribution is 2.25. The van der Waals surface area contributed by atoms with Crippen LogP contribution >= 0.6 is 11.8 Å². The van der Waals surface area contributed by atoms with E-state index in [0.29, 0.717) is 12.3 Å². The fraction of sp³-hybridized carbons (Fsp3) is 0.444. The van der Waals surface area contributed by atoms with E-state index < -0.39 is 0 Å². The minimum Gasteiger partial charge on any atom is -0.376 e. The van der Waals surface area contributed by atoms with Crippen molar-refractivity contribution in [3.63, 3.8) is 0 Å². The fourth-order valence-electron chi connectivity index (χ4n) is 2.73. The summed E-state index contributed by atoms with van der Waals surface area (Å²) >= 11 is 1.46. The van der Waals surface area contributed by atoms with Crippen molar-refractivity contribution >= 4 is 17.7 Å². The number of carbonyl (C=O) groups excluding carboxylic acids is 1. The zero-order valence-electron chi connectivity index (χ0n) is 14.1. The van der Waals surface area contributed by atoms with Crippen LogP contribution in [0.3, 0.4) is 0 Å². The lowest BCUT2D eigenvalue weighted by molar-refractivity contribution is -0.119. The van der Waals surface area contributed by atoms with Gasteiger partial charge in [0.05, 0.1) is 23.7 Å². The molecule has 1 atom stereocenters. The highest BCUT2D eigenvalue weighted by molar-refractivity contribution is 7.99. The first-order chi connectivity index (χ1) is 11.6. The van der Waals surface area contributed by atoms with Crippen molar-refractivity contribution < 1.29 is 9.53 Å². The van der Waals surface area contributed by atoms with Gasteiger partial charge < -0.3 is 14.6 Å². The number of imidazole rings is 1. The molecule has 2 heterocycles. The minimum absolute atomic E-state index is 0.0235. The van der Waals surface area contributed by atoms with Crippen molar-refractivity contribution in [3.8, 4) is 11.3 Å². The number of nitrogens with one attached hydrogen (secondary N) is 1. The number of hydrogen-bond acceptors (Lipinski definition) is 4. The van der Waals surface area contributed by atoms with Crippen LogP contribution < -0.4 is 5.32 Å². The molecule has 3 rings (SSSR count). The number of rotatable bonds is 6. The molecule has 2 aromatic rings. The van der Waals surface area contributed by atoms with Crippen molar-refractivity contribution in [2.24, 2.45) is 7.05 Å². The van der Waals surface area contributed by atoms with E-state index >= 15 is 0 Å². The molecule has 5 nitrogen and oxygen atoms in total. The highest BCUT2D eigenvalue weighted by atomic mass is 32.2. The molecule has 1 N–H and O–H groups in total. The van der Waals surface area contributed by atoms with Gasteiger partial charge in [0, 0.05) is 20.2 Å². The molecule has 1 aromatic carbocycles. The zero-order chi connectivity index (χ0) is 16.9. The van der Waals surface area contributed by atoms with Gasteiger partial charge in [0.15, 0.2) is 5.16 Å². The lowest BCUT2D eigenvalue weighted by Crippen LogP contribution is -2.32. The summed E-state index contributed by atoms with van der Waals surface area (Å²) in [6.07, 6.45) is 4.16. The number of nitrogens with zero attached hydrogens (tertiary/aromatic N) is 2. The molecule has 0 spiro atoms. The molecule has 6 heteroatoms. The number of benzene rings is 1. The Morgan fingerprint density at radius 2 is 2.21 bits per heavy atom. The van der Waals surface area contributed by atoms with Crippen LogP contribution in [-0.4, -0.2) is 40.5 Å². The number of ether oxygens (including phenoxy) is 1. The topological polar surface area (TPSA) is 56.1 Å². The van der Waals surface area contributed by atoms with Gasteiger partial charge in [-0.05, 0) is 25.3 Å². The third-order valence-corrected chi connectivity index (χ3v) is 5.22. The second-order valence-corrected chi connectivity index (χ2v) is 7.02. The zero-order valence-corrected chi connectivity index (χ0v) is 14.9. The molecule has 1 saturated heterocycles. The Kier molecular flexibility index (Phi) is 5.58. The number of aryl methyl sites for hydroxylation is 1. The second-order valence-electron chi connectivity index (χ2n) is 6.08. The summed E-state index contributed by atoms with van der Waals surface area (Å²) in [6, 6.07) is 8.37. The van der Waals surface area contributed by atoms with Crippen LogP contribution in [0.25, 0.3) is 11.3 Å². The SMILES string of the molecule is Cc1ccc(-c2cnc(SCC(=O)NC[C@H]3CCCO3)n2C)cc1. The van der Waals surface area contributed by atoms with Crippen LogP contribution in [0.5, 0.6) is 0 Å². The maximum Gasteiger partial charge on any atom is 0.230 e. The molecule has 1 aliphatic heterocycles. The molecule has 0 aliphatic carbocycles. The van der Waals surface area contributed by atoms with E-state index in [1.807, 2.05) is 17.8 Å². The van der Waals surface area contributed by atoms with Crippen LogP contribution in [-0.2, 0) is 16.6 Å². The average molecular weight is 345 g/mol. The first kappa shape index (κ1) is 17.0. The number of hydrogen-bond donors (Lipinski definition) is 1. The molecule has 0 bridgehead atoms. The Hall–Kier alpha value is -1.79. The Bertz CT molecular complexity index is 691. The van der Waals surface area contributed by atoms with E-state index in [0.717, 1.165) is 35.9 Å². The summed E-state index contributed by atoms with van der Waals surface area (Å²) in [5.41, 5.74) is 3.42. The quantitative estimate of drug-likeness (QED) is 0.818. The molecule has 1 aliphatic rings. The smallest absolute Gasteiger partial charge is 0.230 e. The first-order valence-electron chi connectivity index (χ1n) is 8.23. The van der Waals surface area contributed by atoms with Crippen LogP contribution in [0.1, 0.15) is 18.4 Å². The molecule has 0 radical (unpaired) electrons. The van der Waals surface area contributed by atoms with Gasteiger partial charge in [-0.25, -0.2) is 4.98 Å². The molecule has 0 saturated carbocycles. The van der Waals surface area contributed by atoms with Gasteiger partial charge in [0.1, 0.15) is 0 Å². The molecule has 1 amide bonds. The number of carbonyl (C=O) groups is 1. The van der Waals surface area contributed by atoms with Crippen molar-refractivity contribution in [1.29, 1.82) is 0 Å². The lowest BCUT2D eigenvalue weighted by atomic mass is 10.1. The summed E-state index contributed by atoms with van der Waals surface area (Å²) in [4.78, 5) is 16.4.